The first-order chi connectivity index (χ1) is 10.2. The minimum atomic E-state index is 0.538. The quantitative estimate of drug-likeness (QED) is 0.635. The van der Waals surface area contributed by atoms with E-state index in [4.69, 9.17) is 16.0 Å². The van der Waals surface area contributed by atoms with E-state index in [0.717, 1.165) is 39.9 Å². The number of hydrogen-bond acceptors (Lipinski definition) is 3. The van der Waals surface area contributed by atoms with E-state index in [-0.39, 0.29) is 0 Å². The minimum absolute atomic E-state index is 0.538. The number of alkyl halides is 1. The first kappa shape index (κ1) is 14.6. The number of aryl methyl sites for hydroxylation is 2. The summed E-state index contributed by atoms with van der Waals surface area (Å²) >= 11 is 9.37. The van der Waals surface area contributed by atoms with Crippen molar-refractivity contribution in [2.45, 2.75) is 26.3 Å². The van der Waals surface area contributed by atoms with Gasteiger partial charge in [-0.05, 0) is 18.2 Å². The van der Waals surface area contributed by atoms with Crippen LogP contribution in [0.3, 0.4) is 0 Å². The Hall–Kier alpha value is -1.33. The van der Waals surface area contributed by atoms with Crippen molar-refractivity contribution in [1.29, 1.82) is 0 Å². The number of aromatic nitrogens is 3. The third-order valence-corrected chi connectivity index (χ3v) is 4.03. The number of fused-ring (bicyclic) bond motifs is 1. The highest BCUT2D eigenvalue weighted by molar-refractivity contribution is 9.10. The average Bonchev–Trinajstić information content (AvgIpc) is 3.05. The van der Waals surface area contributed by atoms with Gasteiger partial charge < -0.3 is 8.98 Å². The van der Waals surface area contributed by atoms with Crippen molar-refractivity contribution in [3.63, 3.8) is 0 Å². The van der Waals surface area contributed by atoms with Gasteiger partial charge in [-0.2, -0.15) is 0 Å². The summed E-state index contributed by atoms with van der Waals surface area (Å²) in [6.07, 6.45) is 3.35. The van der Waals surface area contributed by atoms with Gasteiger partial charge in [0.15, 0.2) is 0 Å². The second-order valence-electron chi connectivity index (χ2n) is 4.76. The van der Waals surface area contributed by atoms with Crippen LogP contribution in [0.5, 0.6) is 0 Å². The molecule has 0 amide bonds. The first-order valence-electron chi connectivity index (χ1n) is 6.85. The molecule has 1 aromatic carbocycles. The number of benzene rings is 1. The molecule has 0 N–H and O–H groups in total. The van der Waals surface area contributed by atoms with Crippen LogP contribution in [0.1, 0.15) is 24.4 Å². The molecule has 3 aromatic rings. The van der Waals surface area contributed by atoms with Crippen molar-refractivity contribution < 1.29 is 4.42 Å². The number of hydrogen-bond donors (Lipinski definition) is 0. The van der Waals surface area contributed by atoms with Crippen molar-refractivity contribution in [3.8, 4) is 0 Å². The van der Waals surface area contributed by atoms with Crippen LogP contribution in [0.15, 0.2) is 33.3 Å². The molecule has 0 radical (unpaired) electrons. The topological polar surface area (TPSA) is 43.9 Å². The maximum Gasteiger partial charge on any atom is 0.214 e. The monoisotopic (exact) mass is 367 g/mol. The van der Waals surface area contributed by atoms with Crippen LogP contribution in [0.4, 0.5) is 0 Å². The van der Waals surface area contributed by atoms with Crippen LogP contribution in [0.2, 0.25) is 0 Å². The van der Waals surface area contributed by atoms with E-state index in [1.54, 1.807) is 6.20 Å². The van der Waals surface area contributed by atoms with Crippen molar-refractivity contribution in [3.05, 3.63) is 46.3 Å². The zero-order valence-electron chi connectivity index (χ0n) is 11.6. The molecule has 2 heterocycles. The molecule has 0 bridgehead atoms. The summed E-state index contributed by atoms with van der Waals surface area (Å²) in [6.45, 7) is 2.62. The Morgan fingerprint density at radius 3 is 2.95 bits per heavy atom. The summed E-state index contributed by atoms with van der Waals surface area (Å²) in [5.41, 5.74) is 2.02. The van der Waals surface area contributed by atoms with Crippen LogP contribution in [-0.2, 0) is 19.4 Å². The van der Waals surface area contributed by atoms with Gasteiger partial charge in [0.1, 0.15) is 18.1 Å². The van der Waals surface area contributed by atoms with Crippen molar-refractivity contribution in [2.75, 3.05) is 5.88 Å². The van der Waals surface area contributed by atoms with Gasteiger partial charge in [-0.15, -0.1) is 11.6 Å². The molecule has 0 aliphatic rings. The molecule has 0 aliphatic heterocycles. The molecule has 0 aliphatic carbocycles. The fourth-order valence-corrected chi connectivity index (χ4v) is 2.84. The van der Waals surface area contributed by atoms with Gasteiger partial charge in [-0.25, -0.2) is 9.97 Å². The van der Waals surface area contributed by atoms with E-state index in [1.807, 2.05) is 25.1 Å². The van der Waals surface area contributed by atoms with E-state index in [2.05, 4.69) is 30.5 Å². The van der Waals surface area contributed by atoms with E-state index >= 15 is 0 Å². The van der Waals surface area contributed by atoms with Gasteiger partial charge in [0, 0.05) is 23.2 Å². The Morgan fingerprint density at radius 1 is 1.38 bits per heavy atom. The second-order valence-corrected chi connectivity index (χ2v) is 6.05. The highest BCUT2D eigenvalue weighted by Gasteiger charge is 2.13. The molecule has 3 rings (SSSR count). The number of rotatable bonds is 5. The summed E-state index contributed by atoms with van der Waals surface area (Å²) in [5, 5.41) is 0. The minimum Gasteiger partial charge on any atom is -0.444 e. The fraction of sp³-hybridized carbons (Fsp3) is 0.333. The van der Waals surface area contributed by atoms with Gasteiger partial charge in [-0.3, -0.25) is 0 Å². The van der Waals surface area contributed by atoms with Crippen LogP contribution < -0.4 is 0 Å². The summed E-state index contributed by atoms with van der Waals surface area (Å²) in [7, 11) is 0. The molecule has 0 saturated carbocycles. The van der Waals surface area contributed by atoms with Crippen LogP contribution in [0.25, 0.3) is 11.0 Å². The fourth-order valence-electron chi connectivity index (χ4n) is 2.32. The van der Waals surface area contributed by atoms with Gasteiger partial charge >= 0.3 is 0 Å². The Bertz CT molecular complexity index is 765. The predicted molar refractivity (Wildman–Crippen MR) is 86.8 cm³/mol. The number of imidazole rings is 1. The molecule has 0 fully saturated rings. The smallest absolute Gasteiger partial charge is 0.214 e. The van der Waals surface area contributed by atoms with Gasteiger partial charge in [-0.1, -0.05) is 22.9 Å². The molecule has 6 heteroatoms. The lowest BCUT2D eigenvalue weighted by Gasteiger charge is -2.05. The van der Waals surface area contributed by atoms with Crippen molar-refractivity contribution >= 4 is 38.6 Å². The van der Waals surface area contributed by atoms with Crippen LogP contribution in [-0.4, -0.2) is 20.4 Å². The second kappa shape index (κ2) is 6.20. The molecule has 110 valence electrons. The van der Waals surface area contributed by atoms with E-state index in [9.17, 15) is 0 Å². The summed E-state index contributed by atoms with van der Waals surface area (Å²) in [4.78, 5) is 9.00. The van der Waals surface area contributed by atoms with Crippen LogP contribution in [0, 0.1) is 0 Å². The van der Waals surface area contributed by atoms with Gasteiger partial charge in [0.05, 0.1) is 17.2 Å². The molecule has 21 heavy (non-hydrogen) atoms. The highest BCUT2D eigenvalue weighted by Crippen LogP contribution is 2.22. The maximum absolute atomic E-state index is 5.89. The molecule has 0 atom stereocenters. The zero-order chi connectivity index (χ0) is 14.8. The van der Waals surface area contributed by atoms with Crippen molar-refractivity contribution in [2.24, 2.45) is 0 Å². The van der Waals surface area contributed by atoms with Gasteiger partial charge in [0.25, 0.3) is 0 Å². The third kappa shape index (κ3) is 2.99. The molecule has 0 spiro atoms. The maximum atomic E-state index is 5.89. The number of oxazole rings is 1. The number of nitrogens with zero attached hydrogens (tertiary/aromatic N) is 3. The Kier molecular flexibility index (Phi) is 4.31. The lowest BCUT2D eigenvalue weighted by atomic mass is 10.3. The standard InChI is InChI=1S/C15H15BrClN3O/c1-2-11-8-18-15(21-11)9-20-13-4-3-10(16)7-12(13)19-14(20)5-6-17/h3-4,7-8H,2,5-6,9H2,1H3. The molecule has 4 nitrogen and oxygen atoms in total. The Labute approximate surface area is 136 Å². The summed E-state index contributed by atoms with van der Waals surface area (Å²) in [5.74, 6) is 3.09. The van der Waals surface area contributed by atoms with Crippen LogP contribution >= 0.6 is 27.5 Å². The average molecular weight is 369 g/mol. The highest BCUT2D eigenvalue weighted by atomic mass is 79.9. The summed E-state index contributed by atoms with van der Waals surface area (Å²) in [6, 6.07) is 6.07. The molecule has 0 unspecified atom stereocenters. The number of halogens is 2. The third-order valence-electron chi connectivity index (χ3n) is 3.35. The van der Waals surface area contributed by atoms with Gasteiger partial charge in [0.2, 0.25) is 5.89 Å². The van der Waals surface area contributed by atoms with Crippen molar-refractivity contribution in [1.82, 2.24) is 14.5 Å². The normalized spacial score (nSPS) is 11.4. The predicted octanol–water partition coefficient (Wildman–Crippen LogP) is 4.18. The van der Waals surface area contributed by atoms with E-state index in [0.29, 0.717) is 18.3 Å². The Balaban J connectivity index is 2.03. The SMILES string of the molecule is CCc1cnc(Cn2c(CCCl)nc3cc(Br)ccc32)o1. The molecule has 0 saturated heterocycles. The largest absolute Gasteiger partial charge is 0.444 e. The van der Waals surface area contributed by atoms with E-state index < -0.39 is 0 Å². The molecular formula is C15H15BrClN3O. The Morgan fingerprint density at radius 2 is 2.24 bits per heavy atom. The first-order valence-corrected chi connectivity index (χ1v) is 8.18. The lowest BCUT2D eigenvalue weighted by molar-refractivity contribution is 0.445. The zero-order valence-corrected chi connectivity index (χ0v) is 14.0. The molecule has 2 aromatic heterocycles. The summed E-state index contributed by atoms with van der Waals surface area (Å²) < 4.78 is 8.85. The van der Waals surface area contributed by atoms with E-state index in [1.165, 1.54) is 0 Å². The molecular weight excluding hydrogens is 354 g/mol. The lowest BCUT2D eigenvalue weighted by Crippen LogP contribution is -2.06.